The van der Waals surface area contributed by atoms with Crippen molar-refractivity contribution in [2.45, 2.75) is 13.8 Å². The summed E-state index contributed by atoms with van der Waals surface area (Å²) in [4.78, 5) is 24.0. The number of benzene rings is 1. The molecule has 19 heavy (non-hydrogen) atoms. The molecule has 0 atom stereocenters. The van der Waals surface area contributed by atoms with Gasteiger partial charge in [0, 0.05) is 13.6 Å². The number of aromatic hydroxyl groups is 1. The van der Waals surface area contributed by atoms with Crippen LogP contribution in [-0.4, -0.2) is 40.7 Å². The van der Waals surface area contributed by atoms with Crippen molar-refractivity contribution in [3.8, 4) is 5.75 Å². The number of urea groups is 1. The molecule has 0 spiro atoms. The summed E-state index contributed by atoms with van der Waals surface area (Å²) < 4.78 is 0. The number of carboxylic acids is 1. The van der Waals surface area contributed by atoms with E-state index in [0.29, 0.717) is 12.5 Å². The number of phenols is 1. The van der Waals surface area contributed by atoms with E-state index in [4.69, 9.17) is 5.11 Å². The van der Waals surface area contributed by atoms with E-state index < -0.39 is 5.97 Å². The van der Waals surface area contributed by atoms with Crippen LogP contribution < -0.4 is 5.32 Å². The molecule has 3 N–H and O–H groups in total. The number of carboxylic acid groups (broad SMARTS) is 1. The van der Waals surface area contributed by atoms with Crippen LogP contribution in [0.4, 0.5) is 10.5 Å². The minimum absolute atomic E-state index is 0.0361. The summed E-state index contributed by atoms with van der Waals surface area (Å²) in [7, 11) is 1.65. The summed E-state index contributed by atoms with van der Waals surface area (Å²) in [5.41, 5.74) is 0.150. The maximum absolute atomic E-state index is 11.8. The van der Waals surface area contributed by atoms with E-state index in [0.717, 1.165) is 6.07 Å². The number of amides is 2. The Morgan fingerprint density at radius 3 is 2.47 bits per heavy atom. The molecule has 0 heterocycles. The molecule has 0 aliphatic rings. The molecule has 0 fully saturated rings. The zero-order chi connectivity index (χ0) is 14.6. The first-order valence-corrected chi connectivity index (χ1v) is 5.89. The molecule has 0 aliphatic carbocycles. The predicted molar refractivity (Wildman–Crippen MR) is 71.6 cm³/mol. The van der Waals surface area contributed by atoms with Crippen LogP contribution in [-0.2, 0) is 0 Å². The molecule has 0 radical (unpaired) electrons. The predicted octanol–water partition coefficient (Wildman–Crippen LogP) is 2.21. The average molecular weight is 266 g/mol. The van der Waals surface area contributed by atoms with Crippen molar-refractivity contribution in [2.24, 2.45) is 5.92 Å². The van der Waals surface area contributed by atoms with Gasteiger partial charge in [0.15, 0.2) is 0 Å². The highest BCUT2D eigenvalue weighted by molar-refractivity contribution is 5.93. The fourth-order valence-electron chi connectivity index (χ4n) is 1.61. The maximum Gasteiger partial charge on any atom is 0.335 e. The van der Waals surface area contributed by atoms with Crippen molar-refractivity contribution in [2.75, 3.05) is 18.9 Å². The second kappa shape index (κ2) is 6.08. The van der Waals surface area contributed by atoms with Crippen LogP contribution in [0.1, 0.15) is 24.2 Å². The number of phenolic OH excluding ortho intramolecular Hbond substituents is 1. The van der Waals surface area contributed by atoms with Crippen molar-refractivity contribution in [1.29, 1.82) is 0 Å². The Morgan fingerprint density at radius 1 is 1.37 bits per heavy atom. The number of anilines is 1. The molecule has 1 aromatic carbocycles. The Morgan fingerprint density at radius 2 is 2.00 bits per heavy atom. The fourth-order valence-corrected chi connectivity index (χ4v) is 1.61. The normalized spacial score (nSPS) is 10.3. The second-order valence-electron chi connectivity index (χ2n) is 4.74. The van der Waals surface area contributed by atoms with E-state index in [1.165, 1.54) is 17.0 Å². The molecule has 6 heteroatoms. The summed E-state index contributed by atoms with van der Waals surface area (Å²) >= 11 is 0. The highest BCUT2D eigenvalue weighted by Crippen LogP contribution is 2.24. The summed E-state index contributed by atoms with van der Waals surface area (Å²) in [6.07, 6.45) is 0. The third-order valence-electron chi connectivity index (χ3n) is 2.47. The third kappa shape index (κ3) is 4.17. The van der Waals surface area contributed by atoms with Crippen molar-refractivity contribution < 1.29 is 19.8 Å². The first-order valence-electron chi connectivity index (χ1n) is 5.89. The van der Waals surface area contributed by atoms with E-state index in [1.54, 1.807) is 7.05 Å². The lowest BCUT2D eigenvalue weighted by atomic mass is 10.2. The first kappa shape index (κ1) is 14.8. The Kier molecular flexibility index (Phi) is 4.74. The Hall–Kier alpha value is -2.24. The molecule has 0 aliphatic heterocycles. The summed E-state index contributed by atoms with van der Waals surface area (Å²) in [6, 6.07) is 3.42. The molecule has 2 amide bonds. The second-order valence-corrected chi connectivity index (χ2v) is 4.74. The van der Waals surface area contributed by atoms with Gasteiger partial charge in [0.1, 0.15) is 5.75 Å². The largest absolute Gasteiger partial charge is 0.506 e. The Bertz CT molecular complexity index is 486. The lowest BCUT2D eigenvalue weighted by molar-refractivity contribution is 0.0696. The Balaban J connectivity index is 2.77. The number of carbonyl (C=O) groups is 2. The van der Waals surface area contributed by atoms with Gasteiger partial charge >= 0.3 is 12.0 Å². The van der Waals surface area contributed by atoms with Gasteiger partial charge in [-0.25, -0.2) is 9.59 Å². The molecule has 0 unspecified atom stereocenters. The molecular weight excluding hydrogens is 248 g/mol. The topological polar surface area (TPSA) is 89.9 Å². The zero-order valence-corrected chi connectivity index (χ0v) is 11.2. The highest BCUT2D eigenvalue weighted by atomic mass is 16.4. The van der Waals surface area contributed by atoms with Crippen molar-refractivity contribution in [3.05, 3.63) is 23.8 Å². The molecule has 0 aromatic heterocycles. The van der Waals surface area contributed by atoms with Crippen molar-refractivity contribution in [1.82, 2.24) is 4.90 Å². The summed E-state index contributed by atoms with van der Waals surface area (Å²) in [5, 5.41) is 20.9. The van der Waals surface area contributed by atoms with Crippen LogP contribution in [0.15, 0.2) is 18.2 Å². The highest BCUT2D eigenvalue weighted by Gasteiger charge is 2.13. The van der Waals surface area contributed by atoms with Crippen LogP contribution in [0, 0.1) is 5.92 Å². The van der Waals surface area contributed by atoms with Gasteiger partial charge in [0.25, 0.3) is 0 Å². The third-order valence-corrected chi connectivity index (χ3v) is 2.47. The van der Waals surface area contributed by atoms with Gasteiger partial charge < -0.3 is 20.4 Å². The maximum atomic E-state index is 11.8. The van der Waals surface area contributed by atoms with Crippen LogP contribution >= 0.6 is 0 Å². The molecule has 0 saturated heterocycles. The first-order chi connectivity index (χ1) is 8.81. The van der Waals surface area contributed by atoms with Gasteiger partial charge in [-0.3, -0.25) is 0 Å². The van der Waals surface area contributed by atoms with E-state index in [9.17, 15) is 14.7 Å². The minimum Gasteiger partial charge on any atom is -0.506 e. The molecular formula is C13H18N2O4. The number of nitrogens with zero attached hydrogens (tertiary/aromatic N) is 1. The molecule has 0 saturated carbocycles. The number of rotatable bonds is 4. The van der Waals surface area contributed by atoms with Gasteiger partial charge in [-0.2, -0.15) is 0 Å². The lowest BCUT2D eigenvalue weighted by Gasteiger charge is -2.20. The van der Waals surface area contributed by atoms with Crippen LogP contribution in [0.2, 0.25) is 0 Å². The van der Waals surface area contributed by atoms with E-state index >= 15 is 0 Å². The number of nitrogens with one attached hydrogen (secondary N) is 1. The zero-order valence-electron chi connectivity index (χ0n) is 11.2. The number of aromatic carboxylic acids is 1. The quantitative estimate of drug-likeness (QED) is 0.729. The van der Waals surface area contributed by atoms with Crippen molar-refractivity contribution in [3.63, 3.8) is 0 Å². The number of carbonyl (C=O) groups excluding carboxylic acids is 1. The lowest BCUT2D eigenvalue weighted by Crippen LogP contribution is -2.34. The monoisotopic (exact) mass is 266 g/mol. The smallest absolute Gasteiger partial charge is 0.335 e. The SMILES string of the molecule is CC(C)CN(C)C(=O)Nc1ccc(C(=O)O)cc1O. The number of hydrogen-bond donors (Lipinski definition) is 3. The Labute approximate surface area is 111 Å². The summed E-state index contributed by atoms with van der Waals surface area (Å²) in [5.74, 6) is -1.07. The van der Waals surface area contributed by atoms with E-state index in [-0.39, 0.29) is 23.0 Å². The van der Waals surface area contributed by atoms with Gasteiger partial charge in [-0.1, -0.05) is 13.8 Å². The summed E-state index contributed by atoms with van der Waals surface area (Å²) in [6.45, 7) is 4.56. The van der Waals surface area contributed by atoms with E-state index in [1.807, 2.05) is 13.8 Å². The molecule has 1 aromatic rings. The van der Waals surface area contributed by atoms with Gasteiger partial charge in [-0.05, 0) is 24.1 Å². The minimum atomic E-state index is -1.13. The fraction of sp³-hybridized carbons (Fsp3) is 0.385. The van der Waals surface area contributed by atoms with Gasteiger partial charge in [0.2, 0.25) is 0 Å². The van der Waals surface area contributed by atoms with Gasteiger partial charge in [0.05, 0.1) is 11.3 Å². The molecule has 0 bridgehead atoms. The molecule has 1 rings (SSSR count). The number of hydrogen-bond acceptors (Lipinski definition) is 3. The average Bonchev–Trinajstić information content (AvgIpc) is 2.30. The van der Waals surface area contributed by atoms with Crippen LogP contribution in [0.25, 0.3) is 0 Å². The van der Waals surface area contributed by atoms with E-state index in [2.05, 4.69) is 5.32 Å². The van der Waals surface area contributed by atoms with Crippen LogP contribution in [0.3, 0.4) is 0 Å². The van der Waals surface area contributed by atoms with Crippen LogP contribution in [0.5, 0.6) is 5.75 Å². The van der Waals surface area contributed by atoms with Gasteiger partial charge in [-0.15, -0.1) is 0 Å². The molecule has 6 nitrogen and oxygen atoms in total. The standard InChI is InChI=1S/C13H18N2O4/c1-8(2)7-15(3)13(19)14-10-5-4-9(12(17)18)6-11(10)16/h4-6,8,16H,7H2,1-3H3,(H,14,19)(H,17,18). The molecule has 104 valence electrons. The van der Waals surface area contributed by atoms with Crippen molar-refractivity contribution >= 4 is 17.7 Å².